The number of rotatable bonds is 6. The topological polar surface area (TPSA) is 87.7 Å². The van der Waals surface area contributed by atoms with E-state index in [1.807, 2.05) is 30.0 Å². The first kappa shape index (κ1) is 21.0. The second-order valence-electron chi connectivity index (χ2n) is 7.24. The molecule has 0 saturated carbocycles. The minimum absolute atomic E-state index is 0.0259. The zero-order valence-electron chi connectivity index (χ0n) is 17.6. The first-order valence-electron chi connectivity index (χ1n) is 10.3. The van der Waals surface area contributed by atoms with E-state index in [9.17, 15) is 9.59 Å². The highest BCUT2D eigenvalue weighted by Gasteiger charge is 2.23. The summed E-state index contributed by atoms with van der Waals surface area (Å²) in [4.78, 5) is 38.9. The van der Waals surface area contributed by atoms with E-state index in [0.29, 0.717) is 35.2 Å². The third-order valence-electron chi connectivity index (χ3n) is 5.35. The van der Waals surface area contributed by atoms with Crippen LogP contribution in [0, 0.1) is 6.92 Å². The number of hydrogen-bond acceptors (Lipinski definition) is 8. The number of esters is 1. The van der Waals surface area contributed by atoms with E-state index in [1.165, 1.54) is 23.4 Å². The van der Waals surface area contributed by atoms with Gasteiger partial charge in [0, 0.05) is 31.9 Å². The second-order valence-corrected chi connectivity index (χ2v) is 8.24. The predicted molar refractivity (Wildman–Crippen MR) is 122 cm³/mol. The summed E-state index contributed by atoms with van der Waals surface area (Å²) in [6, 6.07) is 10.2. The Morgan fingerprint density at radius 3 is 2.58 bits per heavy atom. The van der Waals surface area contributed by atoms with Crippen molar-refractivity contribution in [3.8, 4) is 0 Å². The molecule has 0 spiro atoms. The molecule has 1 aromatic carbocycles. The molecule has 0 bridgehead atoms. The molecule has 2 aromatic heterocycles. The lowest BCUT2D eigenvalue weighted by Crippen LogP contribution is -2.50. The van der Waals surface area contributed by atoms with Crippen molar-refractivity contribution in [2.45, 2.75) is 13.8 Å². The number of para-hydroxylation sites is 1. The summed E-state index contributed by atoms with van der Waals surface area (Å²) in [5.41, 5.74) is 1.95. The fourth-order valence-electron chi connectivity index (χ4n) is 3.72. The van der Waals surface area contributed by atoms with Crippen LogP contribution in [0.3, 0.4) is 0 Å². The molecule has 1 aliphatic rings. The van der Waals surface area contributed by atoms with Crippen molar-refractivity contribution in [2.24, 2.45) is 0 Å². The lowest BCUT2D eigenvalue weighted by molar-refractivity contribution is -0.129. The molecule has 1 fully saturated rings. The number of nitrogens with one attached hydrogen (secondary N) is 1. The second kappa shape index (κ2) is 9.30. The van der Waals surface area contributed by atoms with Crippen molar-refractivity contribution in [1.29, 1.82) is 0 Å². The number of aromatic nitrogens is 2. The lowest BCUT2D eigenvalue weighted by Gasteiger charge is -2.36. The summed E-state index contributed by atoms with van der Waals surface area (Å²) in [5, 5.41) is 3.91. The Bertz CT molecular complexity index is 1080. The van der Waals surface area contributed by atoms with Gasteiger partial charge in [-0.15, -0.1) is 11.3 Å². The Labute approximate surface area is 184 Å². The van der Waals surface area contributed by atoms with Gasteiger partial charge in [-0.25, -0.2) is 14.8 Å². The standard InChI is InChI=1S/C22H25N5O3S/c1-3-30-22(29)19-15(2)18-20(24-14-25-21(18)31-19)23-13-17(28)27-11-9-26(10-12-27)16-7-5-4-6-8-16/h4-8,14H,3,9-13H2,1-2H3,(H,23,24,25). The van der Waals surface area contributed by atoms with Gasteiger partial charge in [-0.3, -0.25) is 4.79 Å². The van der Waals surface area contributed by atoms with Crippen LogP contribution in [0.15, 0.2) is 36.7 Å². The molecule has 4 rings (SSSR count). The van der Waals surface area contributed by atoms with Crippen LogP contribution in [0.1, 0.15) is 22.2 Å². The number of carbonyl (C=O) groups is 2. The van der Waals surface area contributed by atoms with Gasteiger partial charge in [0.25, 0.3) is 0 Å². The van der Waals surface area contributed by atoms with Crippen LogP contribution in [0.5, 0.6) is 0 Å². The Morgan fingerprint density at radius 2 is 1.87 bits per heavy atom. The van der Waals surface area contributed by atoms with Crippen LogP contribution >= 0.6 is 11.3 Å². The molecule has 8 nitrogen and oxygen atoms in total. The van der Waals surface area contributed by atoms with Crippen molar-refractivity contribution in [1.82, 2.24) is 14.9 Å². The molecule has 0 aliphatic carbocycles. The number of benzene rings is 1. The average molecular weight is 440 g/mol. The molecule has 1 aliphatic heterocycles. The van der Waals surface area contributed by atoms with E-state index in [2.05, 4.69) is 32.3 Å². The maximum atomic E-state index is 12.8. The molecule has 3 aromatic rings. The Kier molecular flexibility index (Phi) is 6.31. The molecule has 1 saturated heterocycles. The number of piperazine rings is 1. The fourth-order valence-corrected chi connectivity index (χ4v) is 4.76. The number of thiophene rings is 1. The summed E-state index contributed by atoms with van der Waals surface area (Å²) < 4.78 is 5.13. The highest BCUT2D eigenvalue weighted by molar-refractivity contribution is 7.20. The van der Waals surface area contributed by atoms with Gasteiger partial charge in [-0.1, -0.05) is 18.2 Å². The minimum atomic E-state index is -0.360. The van der Waals surface area contributed by atoms with Crippen molar-refractivity contribution in [3.05, 3.63) is 47.1 Å². The average Bonchev–Trinajstić information content (AvgIpc) is 3.15. The van der Waals surface area contributed by atoms with Crippen LogP contribution < -0.4 is 10.2 Å². The quantitative estimate of drug-likeness (QED) is 0.591. The molecule has 3 heterocycles. The third-order valence-corrected chi connectivity index (χ3v) is 6.53. The molecule has 0 unspecified atom stereocenters. The van der Waals surface area contributed by atoms with Gasteiger partial charge in [0.2, 0.25) is 5.91 Å². The zero-order valence-corrected chi connectivity index (χ0v) is 18.4. The summed E-state index contributed by atoms with van der Waals surface area (Å²) in [6.45, 7) is 7.05. The molecule has 1 N–H and O–H groups in total. The SMILES string of the molecule is CCOC(=O)c1sc2ncnc(NCC(=O)N3CCN(c4ccccc4)CC3)c2c1C. The van der Waals surface area contributed by atoms with Gasteiger partial charge in [0.15, 0.2) is 0 Å². The van der Waals surface area contributed by atoms with Crippen LogP contribution in [-0.4, -0.2) is 66.1 Å². The number of ether oxygens (including phenoxy) is 1. The normalized spacial score (nSPS) is 14.0. The van der Waals surface area contributed by atoms with E-state index in [4.69, 9.17) is 4.74 Å². The smallest absolute Gasteiger partial charge is 0.348 e. The van der Waals surface area contributed by atoms with E-state index in [-0.39, 0.29) is 18.4 Å². The number of nitrogens with zero attached hydrogens (tertiary/aromatic N) is 4. The van der Waals surface area contributed by atoms with Gasteiger partial charge in [-0.05, 0) is 31.5 Å². The minimum Gasteiger partial charge on any atom is -0.462 e. The van der Waals surface area contributed by atoms with Gasteiger partial charge in [-0.2, -0.15) is 0 Å². The van der Waals surface area contributed by atoms with Crippen LogP contribution in [0.4, 0.5) is 11.5 Å². The molecule has 31 heavy (non-hydrogen) atoms. The number of carbonyl (C=O) groups excluding carboxylic acids is 2. The third kappa shape index (κ3) is 4.46. The predicted octanol–water partition coefficient (Wildman–Crippen LogP) is 2.94. The first-order valence-corrected chi connectivity index (χ1v) is 11.1. The number of anilines is 2. The number of amides is 1. The summed E-state index contributed by atoms with van der Waals surface area (Å²) in [6.07, 6.45) is 1.44. The molecule has 162 valence electrons. The highest BCUT2D eigenvalue weighted by atomic mass is 32.1. The Hall–Kier alpha value is -3.20. The molecule has 9 heteroatoms. The van der Waals surface area contributed by atoms with E-state index >= 15 is 0 Å². The van der Waals surface area contributed by atoms with Crippen LogP contribution in [-0.2, 0) is 9.53 Å². The number of fused-ring (bicyclic) bond motifs is 1. The highest BCUT2D eigenvalue weighted by Crippen LogP contribution is 2.33. The molecule has 0 atom stereocenters. The Morgan fingerprint density at radius 1 is 1.13 bits per heavy atom. The van der Waals surface area contributed by atoms with Crippen molar-refractivity contribution < 1.29 is 14.3 Å². The lowest BCUT2D eigenvalue weighted by atomic mass is 10.2. The first-order chi connectivity index (χ1) is 15.1. The maximum Gasteiger partial charge on any atom is 0.348 e. The van der Waals surface area contributed by atoms with Crippen LogP contribution in [0.2, 0.25) is 0 Å². The van der Waals surface area contributed by atoms with Crippen molar-refractivity contribution in [2.75, 3.05) is 49.5 Å². The fraction of sp³-hybridized carbons (Fsp3) is 0.364. The van der Waals surface area contributed by atoms with Gasteiger partial charge >= 0.3 is 5.97 Å². The van der Waals surface area contributed by atoms with Crippen LogP contribution in [0.25, 0.3) is 10.2 Å². The monoisotopic (exact) mass is 439 g/mol. The van der Waals surface area contributed by atoms with Crippen molar-refractivity contribution >= 4 is 44.9 Å². The molecular formula is C22H25N5O3S. The number of hydrogen-bond donors (Lipinski definition) is 1. The maximum absolute atomic E-state index is 12.8. The molecule has 0 radical (unpaired) electrons. The largest absolute Gasteiger partial charge is 0.462 e. The van der Waals surface area contributed by atoms with E-state index in [0.717, 1.165) is 24.0 Å². The molecule has 1 amide bonds. The van der Waals surface area contributed by atoms with Crippen molar-refractivity contribution in [3.63, 3.8) is 0 Å². The van der Waals surface area contributed by atoms with Gasteiger partial charge in [0.05, 0.1) is 18.5 Å². The number of aryl methyl sites for hydroxylation is 1. The van der Waals surface area contributed by atoms with Gasteiger partial charge < -0.3 is 19.9 Å². The Balaban J connectivity index is 1.40. The van der Waals surface area contributed by atoms with E-state index < -0.39 is 0 Å². The zero-order chi connectivity index (χ0) is 21.8. The molecular weight excluding hydrogens is 414 g/mol. The summed E-state index contributed by atoms with van der Waals surface area (Å²) in [5.74, 6) is 0.227. The summed E-state index contributed by atoms with van der Waals surface area (Å²) in [7, 11) is 0. The van der Waals surface area contributed by atoms with Gasteiger partial charge in [0.1, 0.15) is 21.9 Å². The summed E-state index contributed by atoms with van der Waals surface area (Å²) >= 11 is 1.28. The van der Waals surface area contributed by atoms with E-state index in [1.54, 1.807) is 6.92 Å².